The van der Waals surface area contributed by atoms with Crippen molar-refractivity contribution >= 4 is 23.3 Å². The third kappa shape index (κ3) is 5.38. The standard InChI is InChI=1S/C22H29ClN4O2/c1-15(2)8-11-24-22(29)17-9-12-26(13-10-17)20-6-7-21(28)27(25-20)18-5-4-16(3)19(23)14-18/h4-7,14-15,17H,8-13H2,1-3H3,(H,24,29). The summed E-state index contributed by atoms with van der Waals surface area (Å²) in [5, 5.41) is 8.20. The zero-order valence-electron chi connectivity index (χ0n) is 17.3. The number of carbonyl (C=O) groups excluding carboxylic acids is 1. The summed E-state index contributed by atoms with van der Waals surface area (Å²) < 4.78 is 1.38. The number of halogens is 1. The molecule has 1 fully saturated rings. The zero-order valence-corrected chi connectivity index (χ0v) is 18.1. The van der Waals surface area contributed by atoms with Gasteiger partial charge < -0.3 is 10.2 Å². The van der Waals surface area contributed by atoms with Crippen LogP contribution in [0.4, 0.5) is 5.82 Å². The Morgan fingerprint density at radius 3 is 2.62 bits per heavy atom. The Bertz CT molecular complexity index is 917. The van der Waals surface area contributed by atoms with Gasteiger partial charge in [-0.15, -0.1) is 5.10 Å². The van der Waals surface area contributed by atoms with Crippen LogP contribution in [0.2, 0.25) is 5.02 Å². The van der Waals surface area contributed by atoms with E-state index in [0.717, 1.165) is 50.3 Å². The van der Waals surface area contributed by atoms with Crippen molar-refractivity contribution in [1.29, 1.82) is 0 Å². The quantitative estimate of drug-likeness (QED) is 0.781. The van der Waals surface area contributed by atoms with Crippen molar-refractivity contribution in [3.63, 3.8) is 0 Å². The van der Waals surface area contributed by atoms with Crippen LogP contribution in [0.15, 0.2) is 35.1 Å². The summed E-state index contributed by atoms with van der Waals surface area (Å²) in [4.78, 5) is 26.8. The van der Waals surface area contributed by atoms with Crippen LogP contribution < -0.4 is 15.8 Å². The Balaban J connectivity index is 1.66. The van der Waals surface area contributed by atoms with E-state index >= 15 is 0 Å². The molecule has 0 saturated carbocycles. The maximum absolute atomic E-state index is 12.4. The highest BCUT2D eigenvalue weighted by atomic mass is 35.5. The first-order chi connectivity index (χ1) is 13.8. The van der Waals surface area contributed by atoms with Crippen molar-refractivity contribution in [1.82, 2.24) is 15.1 Å². The Morgan fingerprint density at radius 1 is 1.24 bits per heavy atom. The highest BCUT2D eigenvalue weighted by molar-refractivity contribution is 6.31. The van der Waals surface area contributed by atoms with Crippen LogP contribution in [-0.2, 0) is 4.79 Å². The summed E-state index contributed by atoms with van der Waals surface area (Å²) in [6.07, 6.45) is 2.56. The molecule has 0 unspecified atom stereocenters. The molecule has 7 heteroatoms. The Kier molecular flexibility index (Phi) is 6.96. The summed E-state index contributed by atoms with van der Waals surface area (Å²) in [5.41, 5.74) is 1.40. The molecular formula is C22H29ClN4O2. The Morgan fingerprint density at radius 2 is 1.97 bits per heavy atom. The average molecular weight is 417 g/mol. The highest BCUT2D eigenvalue weighted by Gasteiger charge is 2.25. The number of nitrogens with one attached hydrogen (secondary N) is 1. The Hall–Kier alpha value is -2.34. The molecule has 1 aromatic heterocycles. The van der Waals surface area contributed by atoms with E-state index in [1.807, 2.05) is 19.1 Å². The normalized spacial score (nSPS) is 15.0. The molecule has 0 bridgehead atoms. The van der Waals surface area contributed by atoms with E-state index in [0.29, 0.717) is 16.6 Å². The van der Waals surface area contributed by atoms with Crippen LogP contribution in [0.3, 0.4) is 0 Å². The topological polar surface area (TPSA) is 67.2 Å². The second-order valence-electron chi connectivity index (χ2n) is 8.11. The molecule has 1 aliphatic heterocycles. The van der Waals surface area contributed by atoms with E-state index in [9.17, 15) is 9.59 Å². The lowest BCUT2D eigenvalue weighted by Gasteiger charge is -2.32. The second kappa shape index (κ2) is 9.44. The summed E-state index contributed by atoms with van der Waals surface area (Å²) in [6.45, 7) is 8.44. The lowest BCUT2D eigenvalue weighted by Crippen LogP contribution is -2.41. The molecule has 0 atom stereocenters. The highest BCUT2D eigenvalue weighted by Crippen LogP contribution is 2.23. The van der Waals surface area contributed by atoms with Gasteiger partial charge in [-0.05, 0) is 55.9 Å². The fraction of sp³-hybridized carbons (Fsp3) is 0.500. The molecule has 1 N–H and O–H groups in total. The maximum Gasteiger partial charge on any atom is 0.271 e. The van der Waals surface area contributed by atoms with E-state index in [2.05, 4.69) is 29.2 Å². The first kappa shape index (κ1) is 21.4. The van der Waals surface area contributed by atoms with Crippen LogP contribution in [0.5, 0.6) is 0 Å². The molecule has 0 aliphatic carbocycles. The predicted octanol–water partition coefficient (Wildman–Crippen LogP) is 3.57. The van der Waals surface area contributed by atoms with Crippen LogP contribution in [0.1, 0.15) is 38.7 Å². The minimum absolute atomic E-state index is 0.0419. The molecule has 6 nitrogen and oxygen atoms in total. The number of benzene rings is 1. The van der Waals surface area contributed by atoms with Crippen LogP contribution >= 0.6 is 11.6 Å². The number of aryl methyl sites for hydroxylation is 1. The van der Waals surface area contributed by atoms with Crippen molar-refractivity contribution < 1.29 is 4.79 Å². The van der Waals surface area contributed by atoms with E-state index in [1.54, 1.807) is 12.1 Å². The number of anilines is 1. The van der Waals surface area contributed by atoms with E-state index < -0.39 is 0 Å². The van der Waals surface area contributed by atoms with Gasteiger partial charge in [0.15, 0.2) is 0 Å². The van der Waals surface area contributed by atoms with Gasteiger partial charge >= 0.3 is 0 Å². The molecular weight excluding hydrogens is 388 g/mol. The summed E-state index contributed by atoms with van der Waals surface area (Å²) in [6, 6.07) is 8.75. The first-order valence-corrected chi connectivity index (χ1v) is 10.6. The fourth-order valence-corrected chi connectivity index (χ4v) is 3.64. The van der Waals surface area contributed by atoms with Gasteiger partial charge in [-0.2, -0.15) is 4.68 Å². The third-order valence-corrected chi connectivity index (χ3v) is 5.80. The molecule has 2 heterocycles. The van der Waals surface area contributed by atoms with Gasteiger partial charge in [0.05, 0.1) is 5.69 Å². The van der Waals surface area contributed by atoms with Crippen LogP contribution in [0.25, 0.3) is 5.69 Å². The van der Waals surface area contributed by atoms with Gasteiger partial charge in [0.25, 0.3) is 5.56 Å². The lowest BCUT2D eigenvalue weighted by molar-refractivity contribution is -0.125. The number of amides is 1. The van der Waals surface area contributed by atoms with Gasteiger partial charge in [0, 0.05) is 36.6 Å². The van der Waals surface area contributed by atoms with Crippen molar-refractivity contribution in [2.45, 2.75) is 40.0 Å². The fourth-order valence-electron chi connectivity index (χ4n) is 3.47. The molecule has 2 aromatic rings. The minimum Gasteiger partial charge on any atom is -0.356 e. The number of carbonyl (C=O) groups is 1. The molecule has 29 heavy (non-hydrogen) atoms. The number of nitrogens with zero attached hydrogens (tertiary/aromatic N) is 3. The molecule has 156 valence electrons. The second-order valence-corrected chi connectivity index (χ2v) is 8.52. The lowest BCUT2D eigenvalue weighted by atomic mass is 9.96. The maximum atomic E-state index is 12.4. The SMILES string of the molecule is Cc1ccc(-n2nc(N3CCC(C(=O)NCCC(C)C)CC3)ccc2=O)cc1Cl. The molecule has 0 spiro atoms. The number of aromatic nitrogens is 2. The predicted molar refractivity (Wildman–Crippen MR) is 117 cm³/mol. The largest absolute Gasteiger partial charge is 0.356 e. The molecule has 0 radical (unpaired) electrons. The van der Waals surface area contributed by atoms with Gasteiger partial charge in [0.1, 0.15) is 5.82 Å². The van der Waals surface area contributed by atoms with Gasteiger partial charge in [-0.25, -0.2) is 0 Å². The average Bonchev–Trinajstić information content (AvgIpc) is 2.70. The summed E-state index contributed by atoms with van der Waals surface area (Å²) in [5.74, 6) is 1.51. The van der Waals surface area contributed by atoms with Crippen LogP contribution in [-0.4, -0.2) is 35.3 Å². The number of hydrogen-bond acceptors (Lipinski definition) is 4. The van der Waals surface area contributed by atoms with E-state index in [4.69, 9.17) is 11.6 Å². The molecule has 1 saturated heterocycles. The molecule has 1 aromatic carbocycles. The van der Waals surface area contributed by atoms with E-state index in [1.165, 1.54) is 10.7 Å². The third-order valence-electron chi connectivity index (χ3n) is 5.40. The number of piperidine rings is 1. The number of hydrogen-bond donors (Lipinski definition) is 1. The first-order valence-electron chi connectivity index (χ1n) is 10.2. The smallest absolute Gasteiger partial charge is 0.271 e. The van der Waals surface area contributed by atoms with Gasteiger partial charge in [-0.1, -0.05) is 31.5 Å². The molecule has 3 rings (SSSR count). The van der Waals surface area contributed by atoms with E-state index in [-0.39, 0.29) is 17.4 Å². The van der Waals surface area contributed by atoms with Crippen molar-refractivity contribution in [2.75, 3.05) is 24.5 Å². The van der Waals surface area contributed by atoms with Crippen LogP contribution in [0, 0.1) is 18.8 Å². The summed E-state index contributed by atoms with van der Waals surface area (Å²) in [7, 11) is 0. The molecule has 1 amide bonds. The van der Waals surface area contributed by atoms with Crippen molar-refractivity contribution in [3.05, 3.63) is 51.3 Å². The minimum atomic E-state index is -0.201. The van der Waals surface area contributed by atoms with Gasteiger partial charge in [0.2, 0.25) is 5.91 Å². The van der Waals surface area contributed by atoms with Crippen molar-refractivity contribution in [2.24, 2.45) is 11.8 Å². The van der Waals surface area contributed by atoms with Crippen molar-refractivity contribution in [3.8, 4) is 5.69 Å². The number of rotatable bonds is 6. The summed E-state index contributed by atoms with van der Waals surface area (Å²) >= 11 is 6.21. The zero-order chi connectivity index (χ0) is 21.0. The molecule has 1 aliphatic rings. The Labute approximate surface area is 176 Å². The van der Waals surface area contributed by atoms with Gasteiger partial charge in [-0.3, -0.25) is 9.59 Å². The monoisotopic (exact) mass is 416 g/mol.